The maximum absolute atomic E-state index is 13.5. The number of ether oxygens (including phenoxy) is 1. The Morgan fingerprint density at radius 3 is 2.46 bits per heavy atom. The molecule has 0 aliphatic carbocycles. The number of nitrogens with zero attached hydrogens (tertiary/aromatic N) is 2. The topological polar surface area (TPSA) is 66.9 Å². The Balaban J connectivity index is 1.58. The summed E-state index contributed by atoms with van der Waals surface area (Å²) in [6.07, 6.45) is 4.85. The lowest BCUT2D eigenvalue weighted by Gasteiger charge is -2.42. The van der Waals surface area contributed by atoms with Gasteiger partial charge in [-0.15, -0.1) is 0 Å². The minimum Gasteiger partial charge on any atom is -0.493 e. The highest BCUT2D eigenvalue weighted by Gasteiger charge is 2.43. The molecule has 2 aromatic rings. The minimum absolute atomic E-state index is 0.0866. The molecule has 0 aromatic heterocycles. The van der Waals surface area contributed by atoms with E-state index in [1.807, 2.05) is 24.0 Å². The van der Waals surface area contributed by atoms with Crippen LogP contribution in [0.3, 0.4) is 0 Å². The molecule has 0 unspecified atom stereocenters. The lowest BCUT2D eigenvalue weighted by atomic mass is 9.78. The van der Waals surface area contributed by atoms with E-state index >= 15 is 0 Å². The second kappa shape index (κ2) is 11.2. The van der Waals surface area contributed by atoms with Gasteiger partial charge in [-0.25, -0.2) is 8.42 Å². The Kier molecular flexibility index (Phi) is 8.46. The van der Waals surface area contributed by atoms with Gasteiger partial charge in [0.15, 0.2) is 0 Å². The summed E-state index contributed by atoms with van der Waals surface area (Å²) in [5.41, 5.74) is 0.300. The minimum atomic E-state index is -3.69. The number of carbonyl (C=O) groups is 1. The molecule has 1 atom stereocenters. The van der Waals surface area contributed by atoms with Crippen LogP contribution < -0.4 is 4.74 Å². The molecule has 4 rings (SSSR count). The van der Waals surface area contributed by atoms with Gasteiger partial charge in [-0.05, 0) is 87.1 Å². The van der Waals surface area contributed by atoms with E-state index in [-0.39, 0.29) is 30.4 Å². The average molecular weight is 584 g/mol. The van der Waals surface area contributed by atoms with Gasteiger partial charge in [0.25, 0.3) is 0 Å². The zero-order valence-corrected chi connectivity index (χ0v) is 23.2. The second-order valence-electron chi connectivity index (χ2n) is 9.71. The summed E-state index contributed by atoms with van der Waals surface area (Å²) in [6, 6.07) is 12.2. The second-order valence-corrected chi connectivity index (χ2v) is 13.0. The first-order valence-corrected chi connectivity index (χ1v) is 14.7. The standard InChI is InChI=1S/C26H32BrClN2O4S/c1-20-16-22(8-11-24(20)28)34-19-26(17-25(31)29-13-3-2-4-14-29)12-5-15-30(18-26)35(32,33)23-9-6-21(27)7-10-23/h6-11,16H,2-5,12-15,17-19H2,1H3/t26-/m1/s1. The summed E-state index contributed by atoms with van der Waals surface area (Å²) in [6.45, 7) is 4.40. The molecule has 2 aliphatic heterocycles. The quantitative estimate of drug-likeness (QED) is 0.422. The zero-order valence-electron chi connectivity index (χ0n) is 20.0. The summed E-state index contributed by atoms with van der Waals surface area (Å²) in [4.78, 5) is 15.5. The van der Waals surface area contributed by atoms with Gasteiger partial charge in [0.1, 0.15) is 5.75 Å². The molecule has 0 bridgehead atoms. The Morgan fingerprint density at radius 2 is 1.77 bits per heavy atom. The molecule has 9 heteroatoms. The van der Waals surface area contributed by atoms with Crippen LogP contribution in [0.4, 0.5) is 0 Å². The third-order valence-electron chi connectivity index (χ3n) is 6.99. The van der Waals surface area contributed by atoms with Crippen molar-refractivity contribution in [2.75, 3.05) is 32.8 Å². The highest BCUT2D eigenvalue weighted by atomic mass is 79.9. The Labute approximate surface area is 221 Å². The van der Waals surface area contributed by atoms with E-state index in [0.29, 0.717) is 23.7 Å². The highest BCUT2D eigenvalue weighted by Crippen LogP contribution is 2.38. The summed E-state index contributed by atoms with van der Waals surface area (Å²) >= 11 is 9.53. The molecular weight excluding hydrogens is 552 g/mol. The fourth-order valence-corrected chi connectivity index (χ4v) is 6.93. The predicted molar refractivity (Wildman–Crippen MR) is 141 cm³/mol. The van der Waals surface area contributed by atoms with Crippen molar-refractivity contribution in [3.63, 3.8) is 0 Å². The largest absolute Gasteiger partial charge is 0.493 e. The molecule has 35 heavy (non-hydrogen) atoms. The van der Waals surface area contributed by atoms with E-state index in [0.717, 1.165) is 48.8 Å². The molecule has 2 fully saturated rings. The van der Waals surface area contributed by atoms with Gasteiger partial charge in [-0.3, -0.25) is 4.79 Å². The zero-order chi connectivity index (χ0) is 25.1. The monoisotopic (exact) mass is 582 g/mol. The Bertz CT molecular complexity index is 1150. The van der Waals surface area contributed by atoms with Gasteiger partial charge in [-0.1, -0.05) is 27.5 Å². The van der Waals surface area contributed by atoms with Crippen molar-refractivity contribution >= 4 is 43.5 Å². The SMILES string of the molecule is Cc1cc(OC[C@@]2(CC(=O)N3CCCCC3)CCCN(S(=O)(=O)c3ccc(Br)cc3)C2)ccc1Cl. The normalized spacial score (nSPS) is 21.6. The number of halogens is 2. The van der Waals surface area contributed by atoms with Crippen LogP contribution in [0, 0.1) is 12.3 Å². The number of piperidine rings is 2. The number of carbonyl (C=O) groups excluding carboxylic acids is 1. The fourth-order valence-electron chi connectivity index (χ4n) is 4.96. The van der Waals surface area contributed by atoms with Gasteiger partial charge in [-0.2, -0.15) is 4.31 Å². The first-order chi connectivity index (χ1) is 16.7. The fraction of sp³-hybridized carbons (Fsp3) is 0.500. The molecule has 0 saturated carbocycles. The number of sulfonamides is 1. The number of rotatable bonds is 7. The van der Waals surface area contributed by atoms with Crippen molar-refractivity contribution in [1.29, 1.82) is 0 Å². The smallest absolute Gasteiger partial charge is 0.243 e. The molecule has 2 aromatic carbocycles. The van der Waals surface area contributed by atoms with Crippen molar-refractivity contribution in [3.05, 3.63) is 57.5 Å². The van der Waals surface area contributed by atoms with Crippen LogP contribution in [0.2, 0.25) is 5.02 Å². The summed E-state index contributed by atoms with van der Waals surface area (Å²) in [5.74, 6) is 0.757. The lowest BCUT2D eigenvalue weighted by Crippen LogP contribution is -2.51. The molecular formula is C26H32BrClN2O4S. The summed E-state index contributed by atoms with van der Waals surface area (Å²) < 4.78 is 35.5. The van der Waals surface area contributed by atoms with E-state index in [1.165, 1.54) is 4.31 Å². The van der Waals surface area contributed by atoms with Crippen molar-refractivity contribution in [1.82, 2.24) is 9.21 Å². The Hall–Kier alpha value is -1.61. The number of amides is 1. The third kappa shape index (κ3) is 6.40. The Morgan fingerprint density at radius 1 is 1.06 bits per heavy atom. The number of likely N-dealkylation sites (tertiary alicyclic amines) is 1. The van der Waals surface area contributed by atoms with Gasteiger partial charge >= 0.3 is 0 Å². The van der Waals surface area contributed by atoms with Gasteiger partial charge in [0, 0.05) is 47.5 Å². The van der Waals surface area contributed by atoms with Crippen LogP contribution in [-0.2, 0) is 14.8 Å². The molecule has 0 spiro atoms. The van der Waals surface area contributed by atoms with E-state index in [2.05, 4.69) is 15.9 Å². The number of hydrogen-bond donors (Lipinski definition) is 0. The molecule has 2 heterocycles. The molecule has 2 saturated heterocycles. The molecule has 190 valence electrons. The molecule has 0 N–H and O–H groups in total. The van der Waals surface area contributed by atoms with E-state index < -0.39 is 15.4 Å². The summed E-state index contributed by atoms with van der Waals surface area (Å²) in [7, 11) is -3.69. The number of benzene rings is 2. The maximum atomic E-state index is 13.5. The summed E-state index contributed by atoms with van der Waals surface area (Å²) in [5, 5.41) is 0.664. The van der Waals surface area contributed by atoms with E-state index in [9.17, 15) is 13.2 Å². The number of hydrogen-bond acceptors (Lipinski definition) is 4. The first-order valence-electron chi connectivity index (χ1n) is 12.1. The lowest BCUT2D eigenvalue weighted by molar-refractivity contribution is -0.136. The third-order valence-corrected chi connectivity index (χ3v) is 9.80. The highest BCUT2D eigenvalue weighted by molar-refractivity contribution is 9.10. The van der Waals surface area contributed by atoms with Crippen LogP contribution in [0.5, 0.6) is 5.75 Å². The number of aryl methyl sites for hydroxylation is 1. The van der Waals surface area contributed by atoms with Crippen LogP contribution in [-0.4, -0.2) is 56.3 Å². The van der Waals surface area contributed by atoms with Crippen LogP contribution in [0.15, 0.2) is 51.8 Å². The van der Waals surface area contributed by atoms with Crippen LogP contribution in [0.25, 0.3) is 0 Å². The van der Waals surface area contributed by atoms with Gasteiger partial charge in [0.05, 0.1) is 11.5 Å². The van der Waals surface area contributed by atoms with E-state index in [4.69, 9.17) is 16.3 Å². The molecule has 1 amide bonds. The van der Waals surface area contributed by atoms with Crippen molar-refractivity contribution in [3.8, 4) is 5.75 Å². The van der Waals surface area contributed by atoms with Gasteiger partial charge in [0.2, 0.25) is 15.9 Å². The van der Waals surface area contributed by atoms with Gasteiger partial charge < -0.3 is 9.64 Å². The average Bonchev–Trinajstić information content (AvgIpc) is 2.86. The van der Waals surface area contributed by atoms with Crippen molar-refractivity contribution in [2.45, 2.75) is 50.3 Å². The molecule has 6 nitrogen and oxygen atoms in total. The predicted octanol–water partition coefficient (Wildman–Crippen LogP) is 5.66. The van der Waals surface area contributed by atoms with Crippen molar-refractivity contribution < 1.29 is 17.9 Å². The van der Waals surface area contributed by atoms with E-state index in [1.54, 1.807) is 30.3 Å². The van der Waals surface area contributed by atoms with Crippen molar-refractivity contribution in [2.24, 2.45) is 5.41 Å². The maximum Gasteiger partial charge on any atom is 0.243 e. The molecule has 0 radical (unpaired) electrons. The molecule has 2 aliphatic rings. The first kappa shape index (κ1) is 26.5. The van der Waals surface area contributed by atoms with Crippen LogP contribution >= 0.6 is 27.5 Å². The van der Waals surface area contributed by atoms with Crippen LogP contribution in [0.1, 0.15) is 44.1 Å².